The second-order valence-electron chi connectivity index (χ2n) is 3.18. The van der Waals surface area contributed by atoms with Gasteiger partial charge in [0.05, 0.1) is 0 Å². The van der Waals surface area contributed by atoms with Crippen molar-refractivity contribution in [2.75, 3.05) is 6.54 Å². The average molecular weight is 227 g/mol. The van der Waals surface area contributed by atoms with E-state index in [9.17, 15) is 0 Å². The second-order valence-corrected chi connectivity index (χ2v) is 3.18. The van der Waals surface area contributed by atoms with Gasteiger partial charge in [0.1, 0.15) is 0 Å². The van der Waals surface area contributed by atoms with E-state index in [-0.39, 0.29) is 0 Å². The molecule has 0 saturated heterocycles. The SMILES string of the molecule is C1=CCCC=C1.CC.CC.CCC(C)CN. The molecule has 0 aromatic rings. The van der Waals surface area contributed by atoms with Crippen molar-refractivity contribution in [2.24, 2.45) is 11.7 Å². The van der Waals surface area contributed by atoms with Crippen LogP contribution in [-0.4, -0.2) is 6.54 Å². The predicted octanol–water partition coefficient (Wildman–Crippen LogP) is 4.94. The van der Waals surface area contributed by atoms with Crippen molar-refractivity contribution in [3.05, 3.63) is 24.3 Å². The molecule has 1 rings (SSSR count). The summed E-state index contributed by atoms with van der Waals surface area (Å²) in [6.45, 7) is 13.1. The molecule has 1 aliphatic carbocycles. The largest absolute Gasteiger partial charge is 0.330 e. The van der Waals surface area contributed by atoms with Gasteiger partial charge in [-0.3, -0.25) is 0 Å². The maximum absolute atomic E-state index is 5.28. The van der Waals surface area contributed by atoms with E-state index >= 15 is 0 Å². The van der Waals surface area contributed by atoms with Crippen molar-refractivity contribution < 1.29 is 0 Å². The van der Waals surface area contributed by atoms with Gasteiger partial charge in [-0.1, -0.05) is 72.3 Å². The van der Waals surface area contributed by atoms with Crippen molar-refractivity contribution in [3.8, 4) is 0 Å². The molecule has 0 heterocycles. The molecular formula is C15H33N. The van der Waals surface area contributed by atoms with Crippen molar-refractivity contribution in [1.82, 2.24) is 0 Å². The lowest BCUT2D eigenvalue weighted by Crippen LogP contribution is -2.08. The normalized spacial score (nSPS) is 13.2. The zero-order valence-corrected chi connectivity index (χ0v) is 12.3. The Balaban J connectivity index is -0.000000162. The van der Waals surface area contributed by atoms with Crippen LogP contribution in [0.4, 0.5) is 0 Å². The van der Waals surface area contributed by atoms with Crippen LogP contribution in [0, 0.1) is 5.92 Å². The Morgan fingerprint density at radius 2 is 1.38 bits per heavy atom. The summed E-state index contributed by atoms with van der Waals surface area (Å²) in [6.07, 6.45) is 12.2. The summed E-state index contributed by atoms with van der Waals surface area (Å²) < 4.78 is 0. The minimum absolute atomic E-state index is 0.713. The Labute approximate surface area is 104 Å². The van der Waals surface area contributed by atoms with Gasteiger partial charge in [0.2, 0.25) is 0 Å². The van der Waals surface area contributed by atoms with Gasteiger partial charge in [-0.15, -0.1) is 0 Å². The molecule has 16 heavy (non-hydrogen) atoms. The van der Waals surface area contributed by atoms with Crippen molar-refractivity contribution in [1.29, 1.82) is 0 Å². The molecule has 98 valence electrons. The molecular weight excluding hydrogens is 194 g/mol. The van der Waals surface area contributed by atoms with Gasteiger partial charge in [0.15, 0.2) is 0 Å². The van der Waals surface area contributed by atoms with Crippen LogP contribution in [0.2, 0.25) is 0 Å². The Morgan fingerprint density at radius 1 is 1.00 bits per heavy atom. The smallest absolute Gasteiger partial charge is 0.00516 e. The molecule has 1 atom stereocenters. The van der Waals surface area contributed by atoms with Gasteiger partial charge in [-0.2, -0.15) is 0 Å². The molecule has 0 radical (unpaired) electrons. The lowest BCUT2D eigenvalue weighted by Gasteiger charge is -1.98. The first kappa shape index (κ1) is 20.8. The van der Waals surface area contributed by atoms with Crippen molar-refractivity contribution in [3.63, 3.8) is 0 Å². The Bertz CT molecular complexity index is 120. The van der Waals surface area contributed by atoms with E-state index in [1.807, 2.05) is 27.7 Å². The number of hydrogen-bond acceptors (Lipinski definition) is 1. The van der Waals surface area contributed by atoms with Gasteiger partial charge in [-0.05, 0) is 25.3 Å². The van der Waals surface area contributed by atoms with Crippen LogP contribution < -0.4 is 5.73 Å². The van der Waals surface area contributed by atoms with E-state index < -0.39 is 0 Å². The molecule has 1 heteroatoms. The molecule has 1 aliphatic rings. The highest BCUT2D eigenvalue weighted by Gasteiger charge is 1.88. The Morgan fingerprint density at radius 3 is 1.44 bits per heavy atom. The molecule has 1 unspecified atom stereocenters. The van der Waals surface area contributed by atoms with Crippen LogP contribution in [0.5, 0.6) is 0 Å². The van der Waals surface area contributed by atoms with Crippen LogP contribution in [-0.2, 0) is 0 Å². The highest BCUT2D eigenvalue weighted by Crippen LogP contribution is 1.98. The third kappa shape index (κ3) is 23.3. The van der Waals surface area contributed by atoms with E-state index in [1.54, 1.807) is 0 Å². The predicted molar refractivity (Wildman–Crippen MR) is 78.7 cm³/mol. The van der Waals surface area contributed by atoms with E-state index in [0.29, 0.717) is 5.92 Å². The summed E-state index contributed by atoms with van der Waals surface area (Å²) in [6, 6.07) is 0. The number of allylic oxidation sites excluding steroid dienone is 4. The topological polar surface area (TPSA) is 26.0 Å². The average Bonchev–Trinajstić information content (AvgIpc) is 2.45. The zero-order valence-electron chi connectivity index (χ0n) is 12.3. The fourth-order valence-electron chi connectivity index (χ4n) is 0.709. The van der Waals surface area contributed by atoms with Crippen LogP contribution in [0.1, 0.15) is 60.8 Å². The first-order valence-corrected chi connectivity index (χ1v) is 6.83. The van der Waals surface area contributed by atoms with Gasteiger partial charge < -0.3 is 5.73 Å². The molecule has 0 amide bonds. The molecule has 0 saturated carbocycles. The second kappa shape index (κ2) is 23.9. The summed E-state index contributed by atoms with van der Waals surface area (Å²) in [5.74, 6) is 0.713. The fraction of sp³-hybridized carbons (Fsp3) is 0.733. The van der Waals surface area contributed by atoms with Crippen LogP contribution in [0.15, 0.2) is 24.3 Å². The van der Waals surface area contributed by atoms with Crippen molar-refractivity contribution in [2.45, 2.75) is 60.8 Å². The first-order chi connectivity index (χ1) is 7.81. The molecule has 1 nitrogen and oxygen atoms in total. The lowest BCUT2D eigenvalue weighted by molar-refractivity contribution is 0.576. The molecule has 0 spiro atoms. The van der Waals surface area contributed by atoms with Crippen LogP contribution in [0.3, 0.4) is 0 Å². The highest BCUT2D eigenvalue weighted by atomic mass is 14.5. The maximum Gasteiger partial charge on any atom is -0.00516 e. The minimum atomic E-state index is 0.713. The zero-order chi connectivity index (χ0) is 13.2. The van der Waals surface area contributed by atoms with Gasteiger partial charge in [0.25, 0.3) is 0 Å². The molecule has 0 bridgehead atoms. The number of hydrogen-bond donors (Lipinski definition) is 1. The van der Waals surface area contributed by atoms with Crippen LogP contribution in [0.25, 0.3) is 0 Å². The summed E-state index contributed by atoms with van der Waals surface area (Å²) in [7, 11) is 0. The monoisotopic (exact) mass is 227 g/mol. The van der Waals surface area contributed by atoms with E-state index in [2.05, 4.69) is 38.2 Å². The first-order valence-electron chi connectivity index (χ1n) is 6.83. The minimum Gasteiger partial charge on any atom is -0.330 e. The highest BCUT2D eigenvalue weighted by molar-refractivity contribution is 5.07. The fourth-order valence-corrected chi connectivity index (χ4v) is 0.709. The Kier molecular flexibility index (Phi) is 31.1. The lowest BCUT2D eigenvalue weighted by atomic mass is 10.1. The summed E-state index contributed by atoms with van der Waals surface area (Å²) >= 11 is 0. The van der Waals surface area contributed by atoms with E-state index in [0.717, 1.165) is 6.54 Å². The van der Waals surface area contributed by atoms with E-state index in [4.69, 9.17) is 5.73 Å². The van der Waals surface area contributed by atoms with Gasteiger partial charge in [-0.25, -0.2) is 0 Å². The molecule has 0 fully saturated rings. The van der Waals surface area contributed by atoms with Crippen molar-refractivity contribution >= 4 is 0 Å². The summed E-state index contributed by atoms with van der Waals surface area (Å²) in [4.78, 5) is 0. The molecule has 0 aromatic carbocycles. The summed E-state index contributed by atoms with van der Waals surface area (Å²) in [5, 5.41) is 0. The Hall–Kier alpha value is -0.560. The quantitative estimate of drug-likeness (QED) is 0.710. The third-order valence-electron chi connectivity index (χ3n) is 1.98. The van der Waals surface area contributed by atoms with Gasteiger partial charge >= 0.3 is 0 Å². The van der Waals surface area contributed by atoms with E-state index in [1.165, 1.54) is 19.3 Å². The number of rotatable bonds is 2. The molecule has 2 N–H and O–H groups in total. The molecule has 0 aromatic heterocycles. The van der Waals surface area contributed by atoms with Crippen LogP contribution >= 0.6 is 0 Å². The third-order valence-corrected chi connectivity index (χ3v) is 1.98. The summed E-state index contributed by atoms with van der Waals surface area (Å²) in [5.41, 5.74) is 5.28. The molecule has 0 aliphatic heterocycles. The number of nitrogens with two attached hydrogens (primary N) is 1. The van der Waals surface area contributed by atoms with Gasteiger partial charge in [0, 0.05) is 0 Å². The standard InChI is InChI=1S/C6H8.C5H13N.2C2H6/c1-2-4-6-5-3-1;1-3-5(2)4-6;2*1-2/h1-4H,5-6H2;5H,3-4,6H2,1-2H3;2*1-2H3. The maximum atomic E-state index is 5.28.